The summed E-state index contributed by atoms with van der Waals surface area (Å²) in [6, 6.07) is 0.604. The number of nitrogens with zero attached hydrogens (tertiary/aromatic N) is 2. The number of likely N-dealkylation sites (N-methyl/N-ethyl adjacent to an activating group) is 2. The molecule has 0 radical (unpaired) electrons. The number of hydrogen-bond acceptors (Lipinski definition) is 1. The molecule has 1 aliphatic heterocycles. The molecule has 0 aromatic rings. The lowest BCUT2D eigenvalue weighted by Crippen LogP contribution is -2.33. The molecule has 0 aromatic carbocycles. The van der Waals surface area contributed by atoms with Gasteiger partial charge < -0.3 is 9.80 Å². The molecule has 3 heteroatoms. The Balaban J connectivity index is 0.00000121. The largest absolute Gasteiger partial charge is 0.350 e. The summed E-state index contributed by atoms with van der Waals surface area (Å²) in [7, 11) is 4.14. The SMILES string of the molecule is C.CC(C)C1CN(C)C(=S)N1C. The van der Waals surface area contributed by atoms with Crippen LogP contribution in [0.4, 0.5) is 0 Å². The number of rotatable bonds is 1. The lowest BCUT2D eigenvalue weighted by molar-refractivity contribution is 0.315. The normalized spacial score (nSPS) is 23.4. The van der Waals surface area contributed by atoms with Crippen molar-refractivity contribution >= 4 is 17.3 Å². The summed E-state index contributed by atoms with van der Waals surface area (Å²) in [5.41, 5.74) is 0. The molecule has 12 heavy (non-hydrogen) atoms. The van der Waals surface area contributed by atoms with Crippen molar-refractivity contribution in [2.45, 2.75) is 27.3 Å². The van der Waals surface area contributed by atoms with Crippen molar-refractivity contribution in [1.29, 1.82) is 0 Å². The standard InChI is InChI=1S/C8H16N2S.CH4/c1-6(2)7-5-9(3)8(11)10(7)4;/h6-7H,5H2,1-4H3;1H4. The van der Waals surface area contributed by atoms with Gasteiger partial charge in [-0.1, -0.05) is 21.3 Å². The van der Waals surface area contributed by atoms with Crippen LogP contribution in [0, 0.1) is 5.92 Å². The molecule has 72 valence electrons. The fourth-order valence-corrected chi connectivity index (χ4v) is 1.76. The van der Waals surface area contributed by atoms with Gasteiger partial charge in [0.2, 0.25) is 0 Å². The van der Waals surface area contributed by atoms with Crippen molar-refractivity contribution in [3.05, 3.63) is 0 Å². The minimum atomic E-state index is 0. The van der Waals surface area contributed by atoms with Crippen molar-refractivity contribution in [3.63, 3.8) is 0 Å². The molecule has 0 bridgehead atoms. The van der Waals surface area contributed by atoms with Crippen molar-refractivity contribution < 1.29 is 0 Å². The van der Waals surface area contributed by atoms with Crippen molar-refractivity contribution in [2.75, 3.05) is 20.6 Å². The molecule has 0 aromatic heterocycles. The Morgan fingerprint density at radius 2 is 1.92 bits per heavy atom. The average Bonchev–Trinajstić information content (AvgIpc) is 2.17. The van der Waals surface area contributed by atoms with Gasteiger partial charge in [0.1, 0.15) is 0 Å². The van der Waals surface area contributed by atoms with E-state index in [-0.39, 0.29) is 7.43 Å². The van der Waals surface area contributed by atoms with E-state index in [9.17, 15) is 0 Å². The summed E-state index contributed by atoms with van der Waals surface area (Å²) < 4.78 is 0. The monoisotopic (exact) mass is 188 g/mol. The summed E-state index contributed by atoms with van der Waals surface area (Å²) in [6.45, 7) is 5.55. The molecule has 1 unspecified atom stereocenters. The molecule has 0 amide bonds. The fourth-order valence-electron chi connectivity index (χ4n) is 1.55. The first-order chi connectivity index (χ1) is 5.04. The summed E-state index contributed by atoms with van der Waals surface area (Å²) in [6.07, 6.45) is 0. The van der Waals surface area contributed by atoms with E-state index in [1.165, 1.54) is 0 Å². The predicted octanol–water partition coefficient (Wildman–Crippen LogP) is 1.81. The number of thiocarbonyl (C=S) groups is 1. The van der Waals surface area contributed by atoms with Crippen LogP contribution in [0.15, 0.2) is 0 Å². The molecule has 1 aliphatic rings. The smallest absolute Gasteiger partial charge is 0.171 e. The highest BCUT2D eigenvalue weighted by atomic mass is 32.1. The first-order valence-corrected chi connectivity index (χ1v) is 4.42. The van der Waals surface area contributed by atoms with Crippen LogP contribution in [0.5, 0.6) is 0 Å². The molecule has 0 saturated carbocycles. The van der Waals surface area contributed by atoms with Gasteiger partial charge in [-0.25, -0.2) is 0 Å². The van der Waals surface area contributed by atoms with Gasteiger partial charge in [0.25, 0.3) is 0 Å². The average molecular weight is 188 g/mol. The first kappa shape index (κ1) is 11.7. The van der Waals surface area contributed by atoms with Crippen molar-refractivity contribution in [3.8, 4) is 0 Å². The van der Waals surface area contributed by atoms with Gasteiger partial charge in [0.05, 0.1) is 6.04 Å². The topological polar surface area (TPSA) is 6.48 Å². The quantitative estimate of drug-likeness (QED) is 0.580. The van der Waals surface area contributed by atoms with Crippen LogP contribution in [0.2, 0.25) is 0 Å². The van der Waals surface area contributed by atoms with Gasteiger partial charge in [0, 0.05) is 20.6 Å². The van der Waals surface area contributed by atoms with E-state index < -0.39 is 0 Å². The van der Waals surface area contributed by atoms with E-state index in [0.717, 1.165) is 11.7 Å². The molecule has 0 spiro atoms. The zero-order valence-corrected chi connectivity index (χ0v) is 8.48. The second kappa shape index (κ2) is 4.08. The highest BCUT2D eigenvalue weighted by molar-refractivity contribution is 7.80. The van der Waals surface area contributed by atoms with Crippen LogP contribution in [0.25, 0.3) is 0 Å². The van der Waals surface area contributed by atoms with Gasteiger partial charge in [0.15, 0.2) is 5.11 Å². The van der Waals surface area contributed by atoms with Crippen molar-refractivity contribution in [1.82, 2.24) is 9.80 Å². The van der Waals surface area contributed by atoms with Gasteiger partial charge in [-0.15, -0.1) is 0 Å². The zero-order chi connectivity index (χ0) is 8.59. The molecule has 2 nitrogen and oxygen atoms in total. The van der Waals surface area contributed by atoms with Crippen LogP contribution in [-0.4, -0.2) is 41.6 Å². The zero-order valence-electron chi connectivity index (χ0n) is 7.66. The molecule has 1 saturated heterocycles. The molecule has 0 N–H and O–H groups in total. The summed E-state index contributed by atoms with van der Waals surface area (Å²) >= 11 is 5.21. The van der Waals surface area contributed by atoms with Crippen LogP contribution in [0.3, 0.4) is 0 Å². The Morgan fingerprint density at radius 3 is 2.08 bits per heavy atom. The maximum absolute atomic E-state index is 5.21. The van der Waals surface area contributed by atoms with Gasteiger partial charge in [-0.05, 0) is 18.1 Å². The molecule has 1 atom stereocenters. The van der Waals surface area contributed by atoms with E-state index in [1.54, 1.807) is 0 Å². The predicted molar refractivity (Wildman–Crippen MR) is 58.3 cm³/mol. The number of hydrogen-bond donors (Lipinski definition) is 0. The second-order valence-corrected chi connectivity index (χ2v) is 3.95. The van der Waals surface area contributed by atoms with Crippen LogP contribution in [0.1, 0.15) is 21.3 Å². The maximum Gasteiger partial charge on any atom is 0.171 e. The van der Waals surface area contributed by atoms with E-state index in [4.69, 9.17) is 12.2 Å². The van der Waals surface area contributed by atoms with Gasteiger partial charge >= 0.3 is 0 Å². The van der Waals surface area contributed by atoms with E-state index in [0.29, 0.717) is 12.0 Å². The highest BCUT2D eigenvalue weighted by Crippen LogP contribution is 2.18. The molecule has 1 fully saturated rings. The van der Waals surface area contributed by atoms with E-state index in [1.807, 2.05) is 0 Å². The summed E-state index contributed by atoms with van der Waals surface area (Å²) in [5.74, 6) is 0.683. The fraction of sp³-hybridized carbons (Fsp3) is 0.889. The Labute approximate surface area is 81.5 Å². The Kier molecular flexibility index (Phi) is 3.97. The molecule has 0 aliphatic carbocycles. The lowest BCUT2D eigenvalue weighted by Gasteiger charge is -2.22. The maximum atomic E-state index is 5.21. The van der Waals surface area contributed by atoms with Crippen LogP contribution >= 0.6 is 12.2 Å². The van der Waals surface area contributed by atoms with Crippen LogP contribution in [-0.2, 0) is 0 Å². The summed E-state index contributed by atoms with van der Waals surface area (Å²) in [4.78, 5) is 4.33. The Morgan fingerprint density at radius 1 is 1.42 bits per heavy atom. The van der Waals surface area contributed by atoms with Gasteiger partial charge in [-0.3, -0.25) is 0 Å². The third-order valence-corrected chi connectivity index (χ3v) is 2.96. The molecule has 1 rings (SSSR count). The Hall–Kier alpha value is -0.310. The molecular formula is C9H20N2S. The third-order valence-electron chi connectivity index (χ3n) is 2.36. The summed E-state index contributed by atoms with van der Waals surface area (Å²) in [5, 5.41) is 0.976. The third kappa shape index (κ3) is 1.89. The first-order valence-electron chi connectivity index (χ1n) is 4.02. The van der Waals surface area contributed by atoms with E-state index >= 15 is 0 Å². The Bertz CT molecular complexity index is 168. The second-order valence-electron chi connectivity index (χ2n) is 3.59. The molecule has 1 heterocycles. The van der Waals surface area contributed by atoms with Gasteiger partial charge in [-0.2, -0.15) is 0 Å². The highest BCUT2D eigenvalue weighted by Gasteiger charge is 2.30. The molecular weight excluding hydrogens is 168 g/mol. The minimum absolute atomic E-state index is 0. The lowest BCUT2D eigenvalue weighted by atomic mass is 10.1. The van der Waals surface area contributed by atoms with Crippen LogP contribution < -0.4 is 0 Å². The van der Waals surface area contributed by atoms with E-state index in [2.05, 4.69) is 37.7 Å². The van der Waals surface area contributed by atoms with Crippen molar-refractivity contribution in [2.24, 2.45) is 5.92 Å². The minimum Gasteiger partial charge on any atom is -0.350 e.